The number of aryl methyl sites for hydroxylation is 1. The van der Waals surface area contributed by atoms with Crippen molar-refractivity contribution in [2.75, 3.05) is 49.3 Å². The van der Waals surface area contributed by atoms with Crippen molar-refractivity contribution < 1.29 is 27.9 Å². The van der Waals surface area contributed by atoms with Crippen LogP contribution in [-0.4, -0.2) is 73.6 Å². The van der Waals surface area contributed by atoms with Gasteiger partial charge < -0.3 is 20.1 Å². The summed E-state index contributed by atoms with van der Waals surface area (Å²) in [5.41, 5.74) is 3.29. The highest BCUT2D eigenvalue weighted by atomic mass is 32.2. The Kier molecular flexibility index (Phi) is 10.2. The van der Waals surface area contributed by atoms with Gasteiger partial charge in [0.05, 0.1) is 31.0 Å². The van der Waals surface area contributed by atoms with Gasteiger partial charge in [0.1, 0.15) is 5.75 Å². The number of rotatable bonds is 13. The minimum Gasteiger partial charge on any atom is -0.493 e. The van der Waals surface area contributed by atoms with Crippen LogP contribution in [0.3, 0.4) is 0 Å². The van der Waals surface area contributed by atoms with Gasteiger partial charge in [-0.15, -0.1) is 11.3 Å². The number of nitrogens with zero attached hydrogens (tertiary/aromatic N) is 3. The molecule has 0 saturated carbocycles. The maximum atomic E-state index is 13.2. The van der Waals surface area contributed by atoms with Crippen LogP contribution in [0.1, 0.15) is 44.5 Å². The Bertz CT molecular complexity index is 1730. The second kappa shape index (κ2) is 14.2. The van der Waals surface area contributed by atoms with Gasteiger partial charge in [-0.25, -0.2) is 13.4 Å². The lowest BCUT2D eigenvalue weighted by atomic mass is 9.99. The SMILES string of the molecule is Cc1sc(N2CCN(S(C)(=O)=O)CC2)nc1CCOc1ccc([C@H](CC(=O)O)Nc2ccccc2C(=O)c2ccccc2)cc1. The number of para-hydroxylation sites is 1. The molecule has 0 unspecified atom stereocenters. The standard InChI is InChI=1S/C33H36N4O6S2/c1-23-28(35-33(44-23)36-17-19-37(20-18-36)45(2,41)42)16-21-43-26-14-12-24(13-15-26)30(22-31(38)39)34-29-11-7-6-10-27(29)32(40)25-8-4-3-5-9-25/h3-15,30,34H,16-22H2,1-2H3,(H,38,39)/t30-/m0/s1. The largest absolute Gasteiger partial charge is 0.493 e. The summed E-state index contributed by atoms with van der Waals surface area (Å²) in [5.74, 6) is -0.457. The molecule has 0 bridgehead atoms. The number of aliphatic carboxylic acids is 1. The van der Waals surface area contributed by atoms with Gasteiger partial charge in [0.15, 0.2) is 10.9 Å². The van der Waals surface area contributed by atoms with Crippen LogP contribution in [0.25, 0.3) is 0 Å². The molecular formula is C33H36N4O6S2. The summed E-state index contributed by atoms with van der Waals surface area (Å²) in [6.45, 7) is 4.56. The van der Waals surface area contributed by atoms with Crippen LogP contribution in [0.15, 0.2) is 78.9 Å². The van der Waals surface area contributed by atoms with Gasteiger partial charge in [-0.3, -0.25) is 9.59 Å². The Balaban J connectivity index is 1.20. The number of benzene rings is 3. The summed E-state index contributed by atoms with van der Waals surface area (Å²) in [7, 11) is -3.18. The molecule has 0 spiro atoms. The highest BCUT2D eigenvalue weighted by molar-refractivity contribution is 7.88. The second-order valence-corrected chi connectivity index (χ2v) is 14.0. The lowest BCUT2D eigenvalue weighted by Gasteiger charge is -2.32. The zero-order valence-electron chi connectivity index (χ0n) is 25.2. The van der Waals surface area contributed by atoms with Crippen molar-refractivity contribution in [3.8, 4) is 5.75 Å². The van der Waals surface area contributed by atoms with Gasteiger partial charge in [0.25, 0.3) is 0 Å². The normalized spacial score (nSPS) is 14.6. The Morgan fingerprint density at radius 2 is 1.64 bits per heavy atom. The van der Waals surface area contributed by atoms with Gasteiger partial charge in [-0.05, 0) is 36.8 Å². The number of carboxylic acids is 1. The van der Waals surface area contributed by atoms with E-state index in [1.807, 2.05) is 55.5 Å². The van der Waals surface area contributed by atoms with Crippen LogP contribution in [0.2, 0.25) is 0 Å². The molecule has 2 heterocycles. The monoisotopic (exact) mass is 648 g/mol. The number of carbonyl (C=O) groups is 2. The Morgan fingerprint density at radius 3 is 2.31 bits per heavy atom. The van der Waals surface area contributed by atoms with Crippen molar-refractivity contribution in [1.29, 1.82) is 0 Å². The molecule has 12 heteroatoms. The highest BCUT2D eigenvalue weighted by Gasteiger charge is 2.25. The van der Waals surface area contributed by atoms with E-state index in [0.29, 0.717) is 61.8 Å². The number of anilines is 2. The molecule has 45 heavy (non-hydrogen) atoms. The molecule has 1 atom stereocenters. The van der Waals surface area contributed by atoms with Crippen LogP contribution in [0, 0.1) is 6.92 Å². The van der Waals surface area contributed by atoms with Crippen LogP contribution < -0.4 is 15.0 Å². The number of carboxylic acid groups (broad SMARTS) is 1. The first-order valence-corrected chi connectivity index (χ1v) is 17.3. The molecule has 1 aromatic heterocycles. The first kappa shape index (κ1) is 32.1. The molecule has 10 nitrogen and oxygen atoms in total. The minimum absolute atomic E-state index is 0.145. The van der Waals surface area contributed by atoms with Gasteiger partial charge >= 0.3 is 5.97 Å². The Labute approximate surface area is 267 Å². The van der Waals surface area contributed by atoms with Crippen LogP contribution in [0.4, 0.5) is 10.8 Å². The van der Waals surface area contributed by atoms with Crippen molar-refractivity contribution in [2.45, 2.75) is 25.8 Å². The van der Waals surface area contributed by atoms with E-state index in [1.165, 1.54) is 10.6 Å². The number of aromatic nitrogens is 1. The lowest BCUT2D eigenvalue weighted by molar-refractivity contribution is -0.137. The number of ether oxygens (including phenoxy) is 1. The third kappa shape index (κ3) is 8.27. The molecule has 3 aromatic carbocycles. The molecule has 236 valence electrons. The summed E-state index contributed by atoms with van der Waals surface area (Å²) in [4.78, 5) is 33.0. The van der Waals surface area contributed by atoms with Crippen molar-refractivity contribution in [3.63, 3.8) is 0 Å². The molecule has 0 amide bonds. The average Bonchev–Trinajstić information content (AvgIpc) is 3.41. The molecule has 4 aromatic rings. The van der Waals surface area contributed by atoms with Crippen molar-refractivity contribution >= 4 is 43.9 Å². The van der Waals surface area contributed by atoms with E-state index in [-0.39, 0.29) is 12.2 Å². The number of nitrogens with one attached hydrogen (secondary N) is 1. The van der Waals surface area contributed by atoms with E-state index >= 15 is 0 Å². The molecule has 2 N–H and O–H groups in total. The quantitative estimate of drug-likeness (QED) is 0.192. The average molecular weight is 649 g/mol. The summed E-state index contributed by atoms with van der Waals surface area (Å²) in [6.07, 6.45) is 1.68. The van der Waals surface area contributed by atoms with Crippen LogP contribution in [-0.2, 0) is 21.2 Å². The van der Waals surface area contributed by atoms with E-state index in [2.05, 4.69) is 10.2 Å². The third-order valence-corrected chi connectivity index (χ3v) is 10.0. The smallest absolute Gasteiger partial charge is 0.305 e. The molecule has 1 aliphatic rings. The number of ketones is 1. The lowest BCUT2D eigenvalue weighted by Crippen LogP contribution is -2.48. The Morgan fingerprint density at radius 1 is 0.978 bits per heavy atom. The van der Waals surface area contributed by atoms with Crippen molar-refractivity contribution in [2.24, 2.45) is 0 Å². The van der Waals surface area contributed by atoms with E-state index in [0.717, 1.165) is 21.3 Å². The maximum Gasteiger partial charge on any atom is 0.305 e. The van der Waals surface area contributed by atoms with Gasteiger partial charge in [0.2, 0.25) is 10.0 Å². The fourth-order valence-electron chi connectivity index (χ4n) is 5.22. The van der Waals surface area contributed by atoms with E-state index < -0.39 is 22.0 Å². The van der Waals surface area contributed by atoms with E-state index in [4.69, 9.17) is 9.72 Å². The molecular weight excluding hydrogens is 613 g/mol. The minimum atomic E-state index is -3.18. The molecule has 1 aliphatic heterocycles. The topological polar surface area (TPSA) is 129 Å². The highest BCUT2D eigenvalue weighted by Crippen LogP contribution is 2.29. The van der Waals surface area contributed by atoms with E-state index in [9.17, 15) is 23.1 Å². The fourth-order valence-corrected chi connectivity index (χ4v) is 7.05. The van der Waals surface area contributed by atoms with Gasteiger partial charge in [0, 0.05) is 54.3 Å². The molecule has 0 aliphatic carbocycles. The Hall–Kier alpha value is -4.26. The maximum absolute atomic E-state index is 13.2. The van der Waals surface area contributed by atoms with Crippen LogP contribution >= 0.6 is 11.3 Å². The predicted octanol–water partition coefficient (Wildman–Crippen LogP) is 5.01. The molecule has 1 fully saturated rings. The van der Waals surface area contributed by atoms with E-state index in [1.54, 1.807) is 41.7 Å². The zero-order valence-corrected chi connectivity index (χ0v) is 26.8. The summed E-state index contributed by atoms with van der Waals surface area (Å²) in [6, 6.07) is 22.8. The molecule has 1 saturated heterocycles. The number of sulfonamides is 1. The number of carbonyl (C=O) groups excluding carboxylic acids is 1. The van der Waals surface area contributed by atoms with Gasteiger partial charge in [-0.1, -0.05) is 54.6 Å². The first-order chi connectivity index (χ1) is 21.6. The number of piperazine rings is 1. The number of hydrogen-bond donors (Lipinski definition) is 2. The second-order valence-electron chi connectivity index (χ2n) is 10.9. The summed E-state index contributed by atoms with van der Waals surface area (Å²) in [5, 5.41) is 13.8. The zero-order chi connectivity index (χ0) is 32.0. The molecule has 5 rings (SSSR count). The summed E-state index contributed by atoms with van der Waals surface area (Å²) < 4.78 is 31.1. The third-order valence-electron chi connectivity index (χ3n) is 7.67. The van der Waals surface area contributed by atoms with Crippen molar-refractivity contribution in [1.82, 2.24) is 9.29 Å². The van der Waals surface area contributed by atoms with Gasteiger partial charge in [-0.2, -0.15) is 4.31 Å². The molecule has 0 radical (unpaired) electrons. The predicted molar refractivity (Wildman–Crippen MR) is 176 cm³/mol. The first-order valence-electron chi connectivity index (χ1n) is 14.6. The van der Waals surface area contributed by atoms with Crippen LogP contribution in [0.5, 0.6) is 5.75 Å². The number of hydrogen-bond acceptors (Lipinski definition) is 9. The van der Waals surface area contributed by atoms with Crippen molar-refractivity contribution in [3.05, 3.63) is 106 Å². The summed E-state index contributed by atoms with van der Waals surface area (Å²) >= 11 is 1.60. The number of thiazole rings is 1. The fraction of sp³-hybridized carbons (Fsp3) is 0.303.